The molecular weight excluding hydrogens is 218 g/mol. The Morgan fingerprint density at radius 2 is 1.78 bits per heavy atom. The Hall–Kier alpha value is -0.0400. The Bertz CT molecular complexity index is 326. The molecule has 0 aromatic rings. The maximum atomic E-state index is 3.00. The predicted octanol–water partition coefficient (Wildman–Crippen LogP) is 4.22. The second kappa shape index (κ2) is 4.23. The van der Waals surface area contributed by atoms with Crippen LogP contribution in [0.5, 0.6) is 0 Å². The average Bonchev–Trinajstić information content (AvgIpc) is 2.80. The minimum absolute atomic E-state index is 0.692. The van der Waals surface area contributed by atoms with Gasteiger partial charge in [0.25, 0.3) is 0 Å². The van der Waals surface area contributed by atoms with Crippen molar-refractivity contribution in [1.29, 1.82) is 0 Å². The molecule has 4 fully saturated rings. The molecule has 0 radical (unpaired) electrons. The zero-order valence-corrected chi connectivity index (χ0v) is 12.0. The van der Waals surface area contributed by atoms with E-state index < -0.39 is 0 Å². The SMILES string of the molecule is C[C@@]12CCC[C@H]1N1CCC3CCCC[C@@H]3[C@H]1CC2. The summed E-state index contributed by atoms with van der Waals surface area (Å²) in [5.74, 6) is 2.18. The quantitative estimate of drug-likeness (QED) is 0.619. The lowest BCUT2D eigenvalue weighted by atomic mass is 9.64. The first kappa shape index (κ1) is 11.8. The van der Waals surface area contributed by atoms with Crippen molar-refractivity contribution in [3.8, 4) is 0 Å². The van der Waals surface area contributed by atoms with Gasteiger partial charge in [-0.2, -0.15) is 0 Å². The molecule has 2 heterocycles. The number of nitrogens with zero attached hydrogens (tertiary/aromatic N) is 1. The molecule has 4 aliphatic rings. The first-order chi connectivity index (χ1) is 8.78. The van der Waals surface area contributed by atoms with Gasteiger partial charge in [0.05, 0.1) is 0 Å². The molecule has 0 aromatic carbocycles. The summed E-state index contributed by atoms with van der Waals surface area (Å²) in [6.07, 6.45) is 15.2. The molecule has 0 bridgehead atoms. The van der Waals surface area contributed by atoms with Gasteiger partial charge in [0.2, 0.25) is 0 Å². The molecule has 1 nitrogen and oxygen atoms in total. The van der Waals surface area contributed by atoms with Crippen molar-refractivity contribution in [2.24, 2.45) is 17.3 Å². The Labute approximate surface area is 112 Å². The van der Waals surface area contributed by atoms with Crippen LogP contribution in [-0.2, 0) is 0 Å². The summed E-state index contributed by atoms with van der Waals surface area (Å²) in [6, 6.07) is 1.94. The summed E-state index contributed by atoms with van der Waals surface area (Å²) in [7, 11) is 0. The van der Waals surface area contributed by atoms with Crippen LogP contribution in [0.4, 0.5) is 0 Å². The topological polar surface area (TPSA) is 3.24 Å². The molecular formula is C17H29N. The minimum atomic E-state index is 0.692. The smallest absolute Gasteiger partial charge is 0.0152 e. The van der Waals surface area contributed by atoms with Gasteiger partial charge in [-0.25, -0.2) is 0 Å². The van der Waals surface area contributed by atoms with Crippen molar-refractivity contribution < 1.29 is 0 Å². The van der Waals surface area contributed by atoms with E-state index in [2.05, 4.69) is 11.8 Å². The van der Waals surface area contributed by atoms with Crippen LogP contribution in [0, 0.1) is 17.3 Å². The van der Waals surface area contributed by atoms with Gasteiger partial charge in [0, 0.05) is 12.1 Å². The Balaban J connectivity index is 1.59. The maximum Gasteiger partial charge on any atom is 0.0152 e. The monoisotopic (exact) mass is 247 g/mol. The molecule has 2 aliphatic heterocycles. The van der Waals surface area contributed by atoms with E-state index in [1.54, 1.807) is 12.8 Å². The van der Waals surface area contributed by atoms with E-state index in [-0.39, 0.29) is 0 Å². The van der Waals surface area contributed by atoms with Crippen LogP contribution >= 0.6 is 0 Å². The van der Waals surface area contributed by atoms with Gasteiger partial charge in [0.15, 0.2) is 0 Å². The zero-order chi connectivity index (χ0) is 12.2. The molecule has 1 heteroatoms. The van der Waals surface area contributed by atoms with E-state index in [0.717, 1.165) is 23.9 Å². The molecule has 2 saturated carbocycles. The third-order valence-electron chi connectivity index (χ3n) is 7.09. The third kappa shape index (κ3) is 1.62. The van der Waals surface area contributed by atoms with Gasteiger partial charge in [-0.05, 0) is 62.3 Å². The fourth-order valence-corrected chi connectivity index (χ4v) is 6.14. The Kier molecular flexibility index (Phi) is 2.76. The lowest BCUT2D eigenvalue weighted by Crippen LogP contribution is -2.60. The van der Waals surface area contributed by atoms with Crippen molar-refractivity contribution in [3.05, 3.63) is 0 Å². The second-order valence-corrected chi connectivity index (χ2v) is 7.90. The standard InChI is InChI=1S/C17H29N/c1-17-10-4-7-16(17)18-12-9-13-5-2-3-6-14(13)15(18)8-11-17/h13-16H,2-12H2,1H3/t13?,14-,15+,16+,17-/m0/s1. The largest absolute Gasteiger partial charge is 0.297 e. The average molecular weight is 247 g/mol. The Morgan fingerprint density at radius 3 is 2.72 bits per heavy atom. The van der Waals surface area contributed by atoms with Crippen LogP contribution in [0.2, 0.25) is 0 Å². The van der Waals surface area contributed by atoms with Gasteiger partial charge in [-0.3, -0.25) is 4.90 Å². The summed E-state index contributed by atoms with van der Waals surface area (Å²) < 4.78 is 0. The molecule has 2 saturated heterocycles. The summed E-state index contributed by atoms with van der Waals surface area (Å²) in [6.45, 7) is 4.03. The van der Waals surface area contributed by atoms with Crippen LogP contribution < -0.4 is 0 Å². The molecule has 0 N–H and O–H groups in total. The Morgan fingerprint density at radius 1 is 0.889 bits per heavy atom. The summed E-state index contributed by atoms with van der Waals surface area (Å²) >= 11 is 0. The highest BCUT2D eigenvalue weighted by Gasteiger charge is 2.51. The lowest BCUT2D eigenvalue weighted by molar-refractivity contribution is -0.0714. The molecule has 1 unspecified atom stereocenters. The van der Waals surface area contributed by atoms with Gasteiger partial charge < -0.3 is 0 Å². The van der Waals surface area contributed by atoms with Crippen molar-refractivity contribution in [2.45, 2.75) is 83.2 Å². The molecule has 5 atom stereocenters. The number of rotatable bonds is 0. The lowest BCUT2D eigenvalue weighted by Gasteiger charge is -2.57. The molecule has 2 aliphatic carbocycles. The van der Waals surface area contributed by atoms with E-state index in [9.17, 15) is 0 Å². The summed E-state index contributed by atoms with van der Waals surface area (Å²) in [4.78, 5) is 3.00. The molecule has 0 spiro atoms. The third-order valence-corrected chi connectivity index (χ3v) is 7.09. The van der Waals surface area contributed by atoms with E-state index in [4.69, 9.17) is 0 Å². The van der Waals surface area contributed by atoms with Crippen molar-refractivity contribution in [2.75, 3.05) is 6.54 Å². The highest BCUT2D eigenvalue weighted by atomic mass is 15.2. The van der Waals surface area contributed by atoms with Gasteiger partial charge in [0.1, 0.15) is 0 Å². The van der Waals surface area contributed by atoms with Crippen LogP contribution in [0.25, 0.3) is 0 Å². The summed E-state index contributed by atoms with van der Waals surface area (Å²) in [5, 5.41) is 0. The first-order valence-electron chi connectivity index (χ1n) is 8.54. The van der Waals surface area contributed by atoms with E-state index >= 15 is 0 Å². The fourth-order valence-electron chi connectivity index (χ4n) is 6.14. The van der Waals surface area contributed by atoms with Crippen LogP contribution in [0.15, 0.2) is 0 Å². The van der Waals surface area contributed by atoms with E-state index in [1.165, 1.54) is 57.9 Å². The van der Waals surface area contributed by atoms with Gasteiger partial charge >= 0.3 is 0 Å². The summed E-state index contributed by atoms with van der Waals surface area (Å²) in [5.41, 5.74) is 0.692. The number of hydrogen-bond acceptors (Lipinski definition) is 1. The predicted molar refractivity (Wildman–Crippen MR) is 75.5 cm³/mol. The zero-order valence-electron chi connectivity index (χ0n) is 12.0. The highest BCUT2D eigenvalue weighted by Crippen LogP contribution is 2.53. The van der Waals surface area contributed by atoms with Gasteiger partial charge in [-0.1, -0.05) is 32.6 Å². The number of fused-ring (bicyclic) bond motifs is 5. The molecule has 0 aromatic heterocycles. The van der Waals surface area contributed by atoms with Gasteiger partial charge in [-0.15, -0.1) is 0 Å². The van der Waals surface area contributed by atoms with Crippen molar-refractivity contribution in [1.82, 2.24) is 4.90 Å². The van der Waals surface area contributed by atoms with E-state index in [1.807, 2.05) is 0 Å². The molecule has 0 amide bonds. The highest BCUT2D eigenvalue weighted by molar-refractivity contribution is 5.05. The first-order valence-corrected chi connectivity index (χ1v) is 8.54. The number of hydrogen-bond donors (Lipinski definition) is 0. The molecule has 4 rings (SSSR count). The van der Waals surface area contributed by atoms with Crippen LogP contribution in [0.1, 0.15) is 71.1 Å². The molecule has 102 valence electrons. The van der Waals surface area contributed by atoms with Crippen molar-refractivity contribution in [3.63, 3.8) is 0 Å². The minimum Gasteiger partial charge on any atom is -0.297 e. The maximum absolute atomic E-state index is 3.00. The molecule has 18 heavy (non-hydrogen) atoms. The normalized spacial score (nSPS) is 52.5. The number of piperidine rings is 2. The van der Waals surface area contributed by atoms with Crippen LogP contribution in [0.3, 0.4) is 0 Å². The fraction of sp³-hybridized carbons (Fsp3) is 1.00. The second-order valence-electron chi connectivity index (χ2n) is 7.90. The van der Waals surface area contributed by atoms with Crippen molar-refractivity contribution >= 4 is 0 Å². The van der Waals surface area contributed by atoms with Crippen LogP contribution in [-0.4, -0.2) is 23.5 Å². The van der Waals surface area contributed by atoms with E-state index in [0.29, 0.717) is 5.41 Å².